The summed E-state index contributed by atoms with van der Waals surface area (Å²) in [6.45, 7) is 5.31. The van der Waals surface area contributed by atoms with Crippen molar-refractivity contribution in [2.45, 2.75) is 38.3 Å². The number of hydrogen-bond donors (Lipinski definition) is 1. The van der Waals surface area contributed by atoms with Crippen LogP contribution in [0, 0.1) is 5.82 Å². The summed E-state index contributed by atoms with van der Waals surface area (Å²) in [4.78, 5) is 27.8. The Morgan fingerprint density at radius 3 is 2.25 bits per heavy atom. The highest BCUT2D eigenvalue weighted by molar-refractivity contribution is 7.92. The minimum atomic E-state index is -4.28. The molecule has 0 aliphatic carbocycles. The van der Waals surface area contributed by atoms with Crippen LogP contribution in [0.4, 0.5) is 10.1 Å². The predicted octanol–water partition coefficient (Wildman–Crippen LogP) is 3.98. The number of carbonyl (C=O) groups excluding carboxylic acids is 2. The van der Waals surface area contributed by atoms with E-state index in [1.54, 1.807) is 38.1 Å². The van der Waals surface area contributed by atoms with Gasteiger partial charge in [0.05, 0.1) is 24.3 Å². The van der Waals surface area contributed by atoms with Crippen LogP contribution in [0.2, 0.25) is 0 Å². The second-order valence-corrected chi connectivity index (χ2v) is 10.7. The Morgan fingerprint density at radius 2 is 1.65 bits per heavy atom. The van der Waals surface area contributed by atoms with E-state index >= 15 is 0 Å². The Morgan fingerprint density at radius 1 is 0.975 bits per heavy atom. The molecule has 0 saturated heterocycles. The topological polar surface area (TPSA) is 105 Å². The number of methoxy groups -OCH3 is 1. The average Bonchev–Trinajstić information content (AvgIpc) is 2.95. The first-order chi connectivity index (χ1) is 19.1. The zero-order chi connectivity index (χ0) is 29.3. The molecule has 3 aromatic carbocycles. The lowest BCUT2D eigenvalue weighted by Gasteiger charge is -2.32. The molecule has 1 unspecified atom stereocenters. The molecule has 0 aliphatic heterocycles. The minimum absolute atomic E-state index is 0.0225. The predicted molar refractivity (Wildman–Crippen MR) is 150 cm³/mol. The number of nitrogens with zero attached hydrogens (tertiary/aromatic N) is 2. The maximum Gasteiger partial charge on any atom is 0.264 e. The van der Waals surface area contributed by atoms with Crippen molar-refractivity contribution in [1.29, 1.82) is 0 Å². The van der Waals surface area contributed by atoms with Crippen LogP contribution in [-0.4, -0.2) is 58.0 Å². The Kier molecular flexibility index (Phi) is 10.5. The van der Waals surface area contributed by atoms with E-state index in [0.29, 0.717) is 30.2 Å². The lowest BCUT2D eigenvalue weighted by atomic mass is 10.1. The van der Waals surface area contributed by atoms with Gasteiger partial charge < -0.3 is 19.7 Å². The SMILES string of the molecule is CCNC(=O)C(C)N(Cc1cccc(OC)c1)C(=O)CN(c1ccc(F)cc1)S(=O)(=O)c1ccc(OCC)cc1. The van der Waals surface area contributed by atoms with Gasteiger partial charge in [0.2, 0.25) is 11.8 Å². The maximum atomic E-state index is 13.8. The molecule has 0 fully saturated rings. The molecule has 9 nitrogen and oxygen atoms in total. The van der Waals surface area contributed by atoms with E-state index in [0.717, 1.165) is 16.4 Å². The number of nitrogens with one attached hydrogen (secondary N) is 1. The van der Waals surface area contributed by atoms with Gasteiger partial charge in [-0.1, -0.05) is 12.1 Å². The van der Waals surface area contributed by atoms with Crippen LogP contribution in [0.3, 0.4) is 0 Å². The number of anilines is 1. The number of likely N-dealkylation sites (N-methyl/N-ethyl adjacent to an activating group) is 1. The van der Waals surface area contributed by atoms with Crippen LogP contribution in [0.25, 0.3) is 0 Å². The smallest absolute Gasteiger partial charge is 0.264 e. The molecule has 0 bridgehead atoms. The van der Waals surface area contributed by atoms with Crippen molar-refractivity contribution in [3.63, 3.8) is 0 Å². The van der Waals surface area contributed by atoms with Crippen molar-refractivity contribution in [3.8, 4) is 11.5 Å². The van der Waals surface area contributed by atoms with E-state index < -0.39 is 34.3 Å². The molecule has 40 heavy (non-hydrogen) atoms. The Labute approximate surface area is 234 Å². The second-order valence-electron chi connectivity index (χ2n) is 8.84. The van der Waals surface area contributed by atoms with Gasteiger partial charge in [-0.3, -0.25) is 13.9 Å². The first-order valence-corrected chi connectivity index (χ1v) is 14.3. The highest BCUT2D eigenvalue weighted by atomic mass is 32.2. The molecule has 11 heteroatoms. The fourth-order valence-electron chi connectivity index (χ4n) is 4.01. The van der Waals surface area contributed by atoms with E-state index in [9.17, 15) is 22.4 Å². The molecule has 214 valence electrons. The largest absolute Gasteiger partial charge is 0.497 e. The van der Waals surface area contributed by atoms with Crippen LogP contribution in [-0.2, 0) is 26.2 Å². The summed E-state index contributed by atoms with van der Waals surface area (Å²) >= 11 is 0. The van der Waals surface area contributed by atoms with Crippen LogP contribution in [0.5, 0.6) is 11.5 Å². The van der Waals surface area contributed by atoms with Crippen molar-refractivity contribution in [3.05, 3.63) is 84.2 Å². The van der Waals surface area contributed by atoms with Crippen molar-refractivity contribution in [1.82, 2.24) is 10.2 Å². The third-order valence-corrected chi connectivity index (χ3v) is 7.91. The van der Waals surface area contributed by atoms with E-state index in [-0.39, 0.29) is 23.0 Å². The Hall–Kier alpha value is -4.12. The van der Waals surface area contributed by atoms with Gasteiger partial charge in [-0.15, -0.1) is 0 Å². The van der Waals surface area contributed by atoms with Gasteiger partial charge in [0.15, 0.2) is 0 Å². The lowest BCUT2D eigenvalue weighted by molar-refractivity contribution is -0.139. The van der Waals surface area contributed by atoms with Crippen LogP contribution < -0.4 is 19.1 Å². The summed E-state index contributed by atoms with van der Waals surface area (Å²) in [6, 6.07) is 16.7. The number of benzene rings is 3. The summed E-state index contributed by atoms with van der Waals surface area (Å²) in [7, 11) is -2.76. The first-order valence-electron chi connectivity index (χ1n) is 12.8. The molecule has 1 atom stereocenters. The van der Waals surface area contributed by atoms with Crippen LogP contribution in [0.15, 0.2) is 77.7 Å². The number of carbonyl (C=O) groups is 2. The fourth-order valence-corrected chi connectivity index (χ4v) is 5.42. The number of rotatable bonds is 13. The molecule has 3 rings (SSSR count). The van der Waals surface area contributed by atoms with E-state index in [4.69, 9.17) is 9.47 Å². The van der Waals surface area contributed by atoms with Crippen molar-refractivity contribution < 1.29 is 31.9 Å². The first kappa shape index (κ1) is 30.4. The van der Waals surface area contributed by atoms with Crippen LogP contribution >= 0.6 is 0 Å². The average molecular weight is 572 g/mol. The highest BCUT2D eigenvalue weighted by Gasteiger charge is 2.32. The van der Waals surface area contributed by atoms with Gasteiger partial charge in [-0.2, -0.15) is 0 Å². The zero-order valence-corrected chi connectivity index (χ0v) is 23.8. The molecular weight excluding hydrogens is 537 g/mol. The third-order valence-electron chi connectivity index (χ3n) is 6.12. The number of ether oxygens (including phenoxy) is 2. The van der Waals surface area contributed by atoms with Gasteiger partial charge in [0.1, 0.15) is 29.9 Å². The molecule has 0 spiro atoms. The van der Waals surface area contributed by atoms with Gasteiger partial charge in [-0.05, 0) is 87.0 Å². The van der Waals surface area contributed by atoms with Crippen LogP contribution in [0.1, 0.15) is 26.3 Å². The summed E-state index contributed by atoms with van der Waals surface area (Å²) in [5, 5.41) is 2.71. The summed E-state index contributed by atoms with van der Waals surface area (Å²) < 4.78 is 53.0. The van der Waals surface area contributed by atoms with Gasteiger partial charge in [0.25, 0.3) is 10.0 Å². The monoisotopic (exact) mass is 571 g/mol. The number of sulfonamides is 1. The Bertz CT molecular complexity index is 1400. The second kappa shape index (κ2) is 13.8. The molecule has 0 heterocycles. The summed E-state index contributed by atoms with van der Waals surface area (Å²) in [5.41, 5.74) is 0.780. The maximum absolute atomic E-state index is 13.8. The molecule has 0 aromatic heterocycles. The van der Waals surface area contributed by atoms with Gasteiger partial charge in [-0.25, -0.2) is 12.8 Å². The summed E-state index contributed by atoms with van der Waals surface area (Å²) in [6.07, 6.45) is 0. The van der Waals surface area contributed by atoms with Crippen molar-refractivity contribution in [2.75, 3.05) is 31.1 Å². The van der Waals surface area contributed by atoms with E-state index in [2.05, 4.69) is 5.32 Å². The lowest BCUT2D eigenvalue weighted by Crippen LogP contribution is -2.51. The van der Waals surface area contributed by atoms with Gasteiger partial charge in [0, 0.05) is 13.1 Å². The Balaban J connectivity index is 2.02. The molecule has 0 radical (unpaired) electrons. The fraction of sp³-hybridized carbons (Fsp3) is 0.310. The molecule has 3 aromatic rings. The quantitative estimate of drug-likeness (QED) is 0.333. The summed E-state index contributed by atoms with van der Waals surface area (Å²) in [5.74, 6) is -0.507. The van der Waals surface area contributed by atoms with Gasteiger partial charge >= 0.3 is 0 Å². The number of halogens is 1. The third kappa shape index (κ3) is 7.50. The van der Waals surface area contributed by atoms with E-state index in [1.807, 2.05) is 6.92 Å². The van der Waals surface area contributed by atoms with E-state index in [1.165, 1.54) is 48.4 Å². The molecule has 1 N–H and O–H groups in total. The zero-order valence-electron chi connectivity index (χ0n) is 23.0. The molecule has 0 aliphatic rings. The molecular formula is C29H34FN3O6S. The molecule has 2 amide bonds. The minimum Gasteiger partial charge on any atom is -0.497 e. The normalized spacial score (nSPS) is 11.8. The number of hydrogen-bond acceptors (Lipinski definition) is 6. The standard InChI is InChI=1S/C29H34FN3O6S/c1-5-31-29(35)21(3)32(19-22-8-7-9-26(18-22)38-4)28(34)20-33(24-12-10-23(30)11-13-24)40(36,37)27-16-14-25(15-17-27)39-6-2/h7-18,21H,5-6,19-20H2,1-4H3,(H,31,35). The van der Waals surface area contributed by atoms with Crippen molar-refractivity contribution in [2.24, 2.45) is 0 Å². The molecule has 0 saturated carbocycles. The number of amides is 2. The highest BCUT2D eigenvalue weighted by Crippen LogP contribution is 2.26. The van der Waals surface area contributed by atoms with Crippen molar-refractivity contribution >= 4 is 27.5 Å².